The molecule has 0 aromatic carbocycles. The molecule has 0 aromatic heterocycles. The van der Waals surface area contributed by atoms with Gasteiger partial charge in [-0.05, 0) is 39.3 Å². The molecule has 0 radical (unpaired) electrons. The first-order valence-electron chi connectivity index (χ1n) is 6.87. The molecule has 1 aliphatic heterocycles. The third-order valence-corrected chi connectivity index (χ3v) is 3.44. The maximum Gasteiger partial charge on any atom is 0.0791 e. The number of nitrogens with one attached hydrogen (secondary N) is 1. The first-order chi connectivity index (χ1) is 7.74. The van der Waals surface area contributed by atoms with Crippen LogP contribution in [0.25, 0.3) is 0 Å². The van der Waals surface area contributed by atoms with E-state index in [2.05, 4.69) is 24.1 Å². The van der Waals surface area contributed by atoms with Gasteiger partial charge in [0.2, 0.25) is 0 Å². The molecule has 0 amide bonds. The fourth-order valence-electron chi connectivity index (χ4n) is 2.39. The summed E-state index contributed by atoms with van der Waals surface area (Å²) in [6, 6.07) is 0.642. The molecule has 3 nitrogen and oxygen atoms in total. The van der Waals surface area contributed by atoms with Crippen molar-refractivity contribution < 1.29 is 5.11 Å². The number of likely N-dealkylation sites (tertiary alicyclic amines) is 1. The van der Waals surface area contributed by atoms with Crippen molar-refractivity contribution in [3.05, 3.63) is 0 Å². The SMILES string of the molecule is CCCNCC(O)CN1CCCCCC1C. The van der Waals surface area contributed by atoms with Gasteiger partial charge in [-0.2, -0.15) is 0 Å². The van der Waals surface area contributed by atoms with E-state index in [1.54, 1.807) is 0 Å². The quantitative estimate of drug-likeness (QED) is 0.678. The van der Waals surface area contributed by atoms with Gasteiger partial charge in [0, 0.05) is 19.1 Å². The normalized spacial score (nSPS) is 25.3. The number of hydrogen-bond donors (Lipinski definition) is 2. The topological polar surface area (TPSA) is 35.5 Å². The summed E-state index contributed by atoms with van der Waals surface area (Å²) in [5.74, 6) is 0. The second kappa shape index (κ2) is 8.04. The molecule has 1 fully saturated rings. The van der Waals surface area contributed by atoms with Gasteiger partial charge in [0.05, 0.1) is 6.10 Å². The van der Waals surface area contributed by atoms with Crippen LogP contribution < -0.4 is 5.32 Å². The fourth-order valence-corrected chi connectivity index (χ4v) is 2.39. The molecule has 16 heavy (non-hydrogen) atoms. The lowest BCUT2D eigenvalue weighted by atomic mass is 10.1. The molecule has 0 spiro atoms. The maximum absolute atomic E-state index is 9.93. The van der Waals surface area contributed by atoms with Gasteiger partial charge in [-0.15, -0.1) is 0 Å². The summed E-state index contributed by atoms with van der Waals surface area (Å²) in [7, 11) is 0. The zero-order valence-electron chi connectivity index (χ0n) is 10.9. The van der Waals surface area contributed by atoms with Crippen LogP contribution in [0.4, 0.5) is 0 Å². The Hall–Kier alpha value is -0.120. The fraction of sp³-hybridized carbons (Fsp3) is 1.00. The Balaban J connectivity index is 2.22. The van der Waals surface area contributed by atoms with Gasteiger partial charge >= 0.3 is 0 Å². The van der Waals surface area contributed by atoms with Gasteiger partial charge in [-0.25, -0.2) is 0 Å². The monoisotopic (exact) mass is 228 g/mol. The molecule has 1 aliphatic rings. The van der Waals surface area contributed by atoms with Crippen LogP contribution in [0.5, 0.6) is 0 Å². The molecule has 2 unspecified atom stereocenters. The van der Waals surface area contributed by atoms with Gasteiger partial charge in [0.25, 0.3) is 0 Å². The van der Waals surface area contributed by atoms with E-state index in [-0.39, 0.29) is 6.10 Å². The van der Waals surface area contributed by atoms with E-state index in [4.69, 9.17) is 0 Å². The van der Waals surface area contributed by atoms with Crippen molar-refractivity contribution in [3.8, 4) is 0 Å². The molecule has 2 atom stereocenters. The summed E-state index contributed by atoms with van der Waals surface area (Å²) in [4.78, 5) is 2.45. The summed E-state index contributed by atoms with van der Waals surface area (Å²) >= 11 is 0. The van der Waals surface area contributed by atoms with Gasteiger partial charge in [-0.3, -0.25) is 4.90 Å². The zero-order chi connectivity index (χ0) is 11.8. The standard InChI is InChI=1S/C13H28N2O/c1-3-8-14-10-13(16)11-15-9-6-4-5-7-12(15)2/h12-14,16H,3-11H2,1-2H3. The van der Waals surface area contributed by atoms with E-state index in [0.717, 1.165) is 32.6 Å². The smallest absolute Gasteiger partial charge is 0.0791 e. The molecule has 3 heteroatoms. The molecule has 0 bridgehead atoms. The molecule has 0 aromatic rings. The Labute approximate surface area is 100 Å². The van der Waals surface area contributed by atoms with E-state index < -0.39 is 0 Å². The Morgan fingerprint density at radius 1 is 1.38 bits per heavy atom. The lowest BCUT2D eigenvalue weighted by Gasteiger charge is -2.29. The van der Waals surface area contributed by atoms with Crippen LogP contribution in [0.2, 0.25) is 0 Å². The molecule has 0 saturated carbocycles. The highest BCUT2D eigenvalue weighted by Crippen LogP contribution is 2.16. The third-order valence-electron chi connectivity index (χ3n) is 3.44. The van der Waals surface area contributed by atoms with Crippen LogP contribution in [0.1, 0.15) is 46.0 Å². The minimum Gasteiger partial charge on any atom is -0.390 e. The molecule has 0 aliphatic carbocycles. The number of hydrogen-bond acceptors (Lipinski definition) is 3. The van der Waals surface area contributed by atoms with Crippen LogP contribution in [-0.2, 0) is 0 Å². The Kier molecular flexibility index (Phi) is 7.01. The summed E-state index contributed by atoms with van der Waals surface area (Å²) in [6.45, 7) is 8.17. The highest BCUT2D eigenvalue weighted by molar-refractivity contribution is 4.75. The van der Waals surface area contributed by atoms with Crippen LogP contribution in [0, 0.1) is 0 Å². The number of rotatable bonds is 6. The van der Waals surface area contributed by atoms with Crippen LogP contribution in [0.15, 0.2) is 0 Å². The minimum atomic E-state index is -0.216. The predicted octanol–water partition coefficient (Wildman–Crippen LogP) is 1.61. The summed E-state index contributed by atoms with van der Waals surface area (Å²) in [6.07, 6.45) is 6.20. The number of nitrogens with zero attached hydrogens (tertiary/aromatic N) is 1. The Morgan fingerprint density at radius 2 is 2.19 bits per heavy atom. The summed E-state index contributed by atoms with van der Waals surface area (Å²) < 4.78 is 0. The third kappa shape index (κ3) is 5.28. The van der Waals surface area contributed by atoms with Crippen molar-refractivity contribution in [3.63, 3.8) is 0 Å². The van der Waals surface area contributed by atoms with Crippen molar-refractivity contribution in [1.29, 1.82) is 0 Å². The first-order valence-corrected chi connectivity index (χ1v) is 6.87. The highest BCUT2D eigenvalue weighted by atomic mass is 16.3. The maximum atomic E-state index is 9.93. The Bertz CT molecular complexity index is 175. The summed E-state index contributed by atoms with van der Waals surface area (Å²) in [5, 5.41) is 13.2. The van der Waals surface area contributed by atoms with Crippen LogP contribution >= 0.6 is 0 Å². The summed E-state index contributed by atoms with van der Waals surface area (Å²) in [5.41, 5.74) is 0. The van der Waals surface area contributed by atoms with Crippen molar-refractivity contribution in [1.82, 2.24) is 10.2 Å². The Morgan fingerprint density at radius 3 is 2.94 bits per heavy atom. The molecule has 96 valence electrons. The lowest BCUT2D eigenvalue weighted by Crippen LogP contribution is -2.42. The van der Waals surface area contributed by atoms with Gasteiger partial charge in [0.15, 0.2) is 0 Å². The molecule has 1 heterocycles. The lowest BCUT2D eigenvalue weighted by molar-refractivity contribution is 0.0922. The van der Waals surface area contributed by atoms with Crippen LogP contribution in [0.3, 0.4) is 0 Å². The molecular weight excluding hydrogens is 200 g/mol. The van der Waals surface area contributed by atoms with E-state index in [1.807, 2.05) is 0 Å². The van der Waals surface area contributed by atoms with E-state index in [0.29, 0.717) is 6.04 Å². The first kappa shape index (κ1) is 13.9. The number of aliphatic hydroxyl groups excluding tert-OH is 1. The van der Waals surface area contributed by atoms with Crippen LogP contribution in [-0.4, -0.2) is 48.3 Å². The van der Waals surface area contributed by atoms with Crippen molar-refractivity contribution >= 4 is 0 Å². The number of aliphatic hydroxyl groups is 1. The average molecular weight is 228 g/mol. The minimum absolute atomic E-state index is 0.216. The van der Waals surface area contributed by atoms with E-state index in [9.17, 15) is 5.11 Å². The second-order valence-electron chi connectivity index (χ2n) is 5.05. The molecular formula is C13H28N2O. The van der Waals surface area contributed by atoms with E-state index in [1.165, 1.54) is 25.7 Å². The number of β-amino-alcohol motifs (C(OH)–C–C–N with tert-alkyl or cyclic N) is 1. The van der Waals surface area contributed by atoms with Gasteiger partial charge < -0.3 is 10.4 Å². The predicted molar refractivity (Wildman–Crippen MR) is 68.7 cm³/mol. The second-order valence-corrected chi connectivity index (χ2v) is 5.05. The zero-order valence-corrected chi connectivity index (χ0v) is 10.9. The van der Waals surface area contributed by atoms with Crippen molar-refractivity contribution in [2.24, 2.45) is 0 Å². The average Bonchev–Trinajstić information content (AvgIpc) is 2.45. The molecule has 1 rings (SSSR count). The molecule has 2 N–H and O–H groups in total. The highest BCUT2D eigenvalue weighted by Gasteiger charge is 2.19. The molecule has 1 saturated heterocycles. The van der Waals surface area contributed by atoms with Gasteiger partial charge in [-0.1, -0.05) is 19.8 Å². The van der Waals surface area contributed by atoms with E-state index >= 15 is 0 Å². The van der Waals surface area contributed by atoms with Crippen molar-refractivity contribution in [2.75, 3.05) is 26.2 Å². The van der Waals surface area contributed by atoms with Gasteiger partial charge in [0.1, 0.15) is 0 Å². The largest absolute Gasteiger partial charge is 0.390 e. The van der Waals surface area contributed by atoms with Crippen molar-refractivity contribution in [2.45, 2.75) is 58.1 Å².